The smallest absolute Gasteiger partial charge is 0.263 e. The van der Waals surface area contributed by atoms with Crippen molar-refractivity contribution in [3.63, 3.8) is 0 Å². The Bertz CT molecular complexity index is 420. The molecule has 17 heavy (non-hydrogen) atoms. The van der Waals surface area contributed by atoms with Gasteiger partial charge >= 0.3 is 12.4 Å². The molecule has 0 aliphatic carbocycles. The van der Waals surface area contributed by atoms with Crippen LogP contribution in [0.4, 0.5) is 32.0 Å². The van der Waals surface area contributed by atoms with Gasteiger partial charge in [-0.3, -0.25) is 15.1 Å². The van der Waals surface area contributed by atoms with E-state index in [0.29, 0.717) is 0 Å². The number of nitro groups is 1. The molecule has 0 aromatic carbocycles. The molecule has 0 N–H and O–H groups in total. The highest BCUT2D eigenvalue weighted by molar-refractivity contribution is 5.48. The second-order valence-corrected chi connectivity index (χ2v) is 2.84. The molecule has 0 atom stereocenters. The lowest BCUT2D eigenvalue weighted by Crippen LogP contribution is -2.16. The minimum absolute atomic E-state index is 0.0205. The topological polar surface area (TPSA) is 56.0 Å². The lowest BCUT2D eigenvalue weighted by molar-refractivity contribution is -0.391. The van der Waals surface area contributed by atoms with Crippen molar-refractivity contribution < 1.29 is 31.3 Å². The van der Waals surface area contributed by atoms with Gasteiger partial charge in [-0.1, -0.05) is 0 Å². The molecule has 1 aromatic heterocycles. The average molecular weight is 260 g/mol. The van der Waals surface area contributed by atoms with Crippen molar-refractivity contribution in [2.45, 2.75) is 12.4 Å². The Labute approximate surface area is 89.0 Å². The van der Waals surface area contributed by atoms with Gasteiger partial charge in [-0.2, -0.15) is 26.3 Å². The summed E-state index contributed by atoms with van der Waals surface area (Å²) in [6.45, 7) is 0. The van der Waals surface area contributed by atoms with E-state index in [1.807, 2.05) is 0 Å². The molecule has 0 fully saturated rings. The normalized spacial score (nSPS) is 12.6. The molecule has 1 heterocycles. The zero-order chi connectivity index (χ0) is 13.4. The van der Waals surface area contributed by atoms with Crippen LogP contribution in [0.15, 0.2) is 12.4 Å². The van der Waals surface area contributed by atoms with Crippen molar-refractivity contribution in [3.05, 3.63) is 33.6 Å². The summed E-state index contributed by atoms with van der Waals surface area (Å²) in [5, 5.41) is 10.3. The molecule has 0 amide bonds. The van der Waals surface area contributed by atoms with Gasteiger partial charge in [0.05, 0.1) is 4.92 Å². The van der Waals surface area contributed by atoms with Crippen LogP contribution in [-0.2, 0) is 12.4 Å². The summed E-state index contributed by atoms with van der Waals surface area (Å²) in [4.78, 5) is 11.3. The average Bonchev–Trinajstić information content (AvgIpc) is 2.13. The molecule has 0 spiro atoms. The molecular weight excluding hydrogens is 258 g/mol. The molecule has 0 radical (unpaired) electrons. The van der Waals surface area contributed by atoms with E-state index >= 15 is 0 Å². The summed E-state index contributed by atoms with van der Waals surface area (Å²) >= 11 is 0. The molecule has 94 valence electrons. The van der Waals surface area contributed by atoms with Gasteiger partial charge in [0.25, 0.3) is 5.69 Å². The van der Waals surface area contributed by atoms with Gasteiger partial charge in [0, 0.05) is 12.4 Å². The fourth-order valence-corrected chi connectivity index (χ4v) is 1.07. The number of nitrogens with zero attached hydrogens (tertiary/aromatic N) is 2. The monoisotopic (exact) mass is 260 g/mol. The quantitative estimate of drug-likeness (QED) is 0.443. The summed E-state index contributed by atoms with van der Waals surface area (Å²) in [5.74, 6) is 0. The molecule has 0 bridgehead atoms. The van der Waals surface area contributed by atoms with Gasteiger partial charge in [-0.15, -0.1) is 0 Å². The molecular formula is C7H2F6N2O2. The second kappa shape index (κ2) is 3.86. The number of rotatable bonds is 1. The Morgan fingerprint density at radius 3 is 1.59 bits per heavy atom. The van der Waals surface area contributed by atoms with Gasteiger partial charge in [-0.05, 0) is 0 Å². The van der Waals surface area contributed by atoms with Crippen LogP contribution in [0.5, 0.6) is 0 Å². The summed E-state index contributed by atoms with van der Waals surface area (Å²) in [7, 11) is 0. The lowest BCUT2D eigenvalue weighted by Gasteiger charge is -2.11. The van der Waals surface area contributed by atoms with Crippen molar-refractivity contribution in [3.8, 4) is 0 Å². The van der Waals surface area contributed by atoms with E-state index in [1.165, 1.54) is 0 Å². The molecule has 0 aliphatic heterocycles. The van der Waals surface area contributed by atoms with E-state index in [0.717, 1.165) is 0 Å². The maximum Gasteiger partial charge on any atom is 0.424 e. The van der Waals surface area contributed by atoms with Crippen LogP contribution in [0.2, 0.25) is 0 Å². The first-order chi connectivity index (χ1) is 7.55. The number of hydrogen-bond donors (Lipinski definition) is 0. The molecule has 1 rings (SSSR count). The Morgan fingerprint density at radius 1 is 1.00 bits per heavy atom. The Morgan fingerprint density at radius 2 is 1.35 bits per heavy atom. The van der Waals surface area contributed by atoms with E-state index in [-0.39, 0.29) is 12.4 Å². The van der Waals surface area contributed by atoms with Crippen molar-refractivity contribution in [2.24, 2.45) is 0 Å². The van der Waals surface area contributed by atoms with Crippen LogP contribution < -0.4 is 0 Å². The summed E-state index contributed by atoms with van der Waals surface area (Å²) < 4.78 is 73.6. The van der Waals surface area contributed by atoms with Crippen molar-refractivity contribution in [1.29, 1.82) is 0 Å². The zero-order valence-electron chi connectivity index (χ0n) is 7.63. The van der Waals surface area contributed by atoms with Crippen LogP contribution in [0.25, 0.3) is 0 Å². The standard InChI is InChI=1S/C7H2F6N2O2/c8-6(9,10)3-1-14-2-4(7(11,12)13)5(3)15(16)17/h1-2H. The van der Waals surface area contributed by atoms with Crippen molar-refractivity contribution >= 4 is 5.69 Å². The van der Waals surface area contributed by atoms with Crippen LogP contribution >= 0.6 is 0 Å². The minimum Gasteiger partial charge on any atom is -0.263 e. The number of aromatic nitrogens is 1. The lowest BCUT2D eigenvalue weighted by atomic mass is 10.1. The second-order valence-electron chi connectivity index (χ2n) is 2.84. The van der Waals surface area contributed by atoms with Gasteiger partial charge < -0.3 is 0 Å². The highest BCUT2D eigenvalue weighted by Crippen LogP contribution is 2.42. The predicted molar refractivity (Wildman–Crippen MR) is 40.9 cm³/mol. The zero-order valence-corrected chi connectivity index (χ0v) is 7.63. The fraction of sp³-hybridized carbons (Fsp3) is 0.286. The molecule has 0 unspecified atom stereocenters. The number of halogens is 6. The summed E-state index contributed by atoms with van der Waals surface area (Å²) in [6.07, 6.45) is -10.6. The Hall–Kier alpha value is -1.87. The number of hydrogen-bond acceptors (Lipinski definition) is 3. The van der Waals surface area contributed by atoms with E-state index in [9.17, 15) is 36.5 Å². The fourth-order valence-electron chi connectivity index (χ4n) is 1.07. The van der Waals surface area contributed by atoms with E-state index in [1.54, 1.807) is 0 Å². The molecule has 0 aliphatic rings. The first kappa shape index (κ1) is 13.2. The molecule has 0 saturated carbocycles. The van der Waals surface area contributed by atoms with Crippen LogP contribution in [0.3, 0.4) is 0 Å². The van der Waals surface area contributed by atoms with Crippen molar-refractivity contribution in [1.82, 2.24) is 4.98 Å². The number of pyridine rings is 1. The minimum atomic E-state index is -5.28. The molecule has 1 aromatic rings. The third kappa shape index (κ3) is 2.63. The first-order valence-corrected chi connectivity index (χ1v) is 3.82. The predicted octanol–water partition coefficient (Wildman–Crippen LogP) is 3.03. The van der Waals surface area contributed by atoms with Gasteiger partial charge in [-0.25, -0.2) is 0 Å². The van der Waals surface area contributed by atoms with Gasteiger partial charge in [0.2, 0.25) is 0 Å². The van der Waals surface area contributed by atoms with E-state index < -0.39 is 34.1 Å². The van der Waals surface area contributed by atoms with Crippen LogP contribution in [0, 0.1) is 10.1 Å². The molecule has 10 heteroatoms. The maximum atomic E-state index is 12.3. The van der Waals surface area contributed by atoms with E-state index in [4.69, 9.17) is 0 Å². The largest absolute Gasteiger partial charge is 0.424 e. The summed E-state index contributed by atoms with van der Waals surface area (Å²) in [6, 6.07) is 0. The molecule has 0 saturated heterocycles. The first-order valence-electron chi connectivity index (χ1n) is 3.82. The summed E-state index contributed by atoms with van der Waals surface area (Å²) in [5.41, 5.74) is -6.10. The Balaban J connectivity index is 3.61. The third-order valence-electron chi connectivity index (χ3n) is 1.71. The van der Waals surface area contributed by atoms with E-state index in [2.05, 4.69) is 4.98 Å². The third-order valence-corrected chi connectivity index (χ3v) is 1.71. The highest BCUT2D eigenvalue weighted by Gasteiger charge is 2.46. The SMILES string of the molecule is O=[N+]([O-])c1c(C(F)(F)F)cncc1C(F)(F)F. The maximum absolute atomic E-state index is 12.3. The van der Waals surface area contributed by atoms with Crippen LogP contribution in [0.1, 0.15) is 11.1 Å². The molecule has 4 nitrogen and oxygen atoms in total. The number of alkyl halides is 6. The van der Waals surface area contributed by atoms with Gasteiger partial charge in [0.15, 0.2) is 11.1 Å². The Kier molecular flexibility index (Phi) is 2.99. The highest BCUT2D eigenvalue weighted by atomic mass is 19.4. The van der Waals surface area contributed by atoms with Crippen molar-refractivity contribution in [2.75, 3.05) is 0 Å². The van der Waals surface area contributed by atoms with Gasteiger partial charge in [0.1, 0.15) is 0 Å². The van der Waals surface area contributed by atoms with Crippen LogP contribution in [-0.4, -0.2) is 9.91 Å².